The van der Waals surface area contributed by atoms with E-state index in [1.165, 1.54) is 5.56 Å². The zero-order valence-electron chi connectivity index (χ0n) is 13.0. The monoisotopic (exact) mass is 265 g/mol. The van der Waals surface area contributed by atoms with Gasteiger partial charge in [-0.05, 0) is 57.4 Å². The molecule has 0 saturated heterocycles. The van der Waals surface area contributed by atoms with Crippen LogP contribution in [0.15, 0.2) is 18.2 Å². The fourth-order valence-corrected chi connectivity index (χ4v) is 1.94. The van der Waals surface area contributed by atoms with Crippen molar-refractivity contribution in [2.24, 2.45) is 0 Å². The van der Waals surface area contributed by atoms with Crippen molar-refractivity contribution in [3.8, 4) is 11.5 Å². The standard InChI is InChI=1S/C16H27NO2/c1-12(7-8-17-16(2,3)4)13-9-14(18-5)11-15(10-13)19-6/h9-12,17H,7-8H2,1-6H3. The summed E-state index contributed by atoms with van der Waals surface area (Å²) in [4.78, 5) is 0. The summed E-state index contributed by atoms with van der Waals surface area (Å²) in [5.41, 5.74) is 1.43. The Labute approximate surface area is 117 Å². The zero-order valence-corrected chi connectivity index (χ0v) is 13.0. The average molecular weight is 265 g/mol. The molecule has 3 nitrogen and oxygen atoms in total. The van der Waals surface area contributed by atoms with Gasteiger partial charge in [0.05, 0.1) is 14.2 Å². The third kappa shape index (κ3) is 5.52. The molecule has 0 heterocycles. The number of benzene rings is 1. The molecule has 1 atom stereocenters. The van der Waals surface area contributed by atoms with Crippen LogP contribution in [-0.2, 0) is 0 Å². The molecule has 0 aromatic heterocycles. The SMILES string of the molecule is COc1cc(OC)cc(C(C)CCNC(C)(C)C)c1. The van der Waals surface area contributed by atoms with Gasteiger partial charge in [0.1, 0.15) is 11.5 Å². The van der Waals surface area contributed by atoms with Crippen LogP contribution in [0.25, 0.3) is 0 Å². The van der Waals surface area contributed by atoms with Crippen LogP contribution in [0.5, 0.6) is 11.5 Å². The van der Waals surface area contributed by atoms with Crippen LogP contribution in [0.3, 0.4) is 0 Å². The summed E-state index contributed by atoms with van der Waals surface area (Å²) >= 11 is 0. The highest BCUT2D eigenvalue weighted by Gasteiger charge is 2.12. The molecule has 1 aromatic carbocycles. The van der Waals surface area contributed by atoms with E-state index in [-0.39, 0.29) is 5.54 Å². The minimum Gasteiger partial charge on any atom is -0.497 e. The molecule has 1 aromatic rings. The summed E-state index contributed by atoms with van der Waals surface area (Å²) in [6.07, 6.45) is 1.09. The molecular weight excluding hydrogens is 238 g/mol. The largest absolute Gasteiger partial charge is 0.497 e. The van der Waals surface area contributed by atoms with Gasteiger partial charge in [0.2, 0.25) is 0 Å². The molecule has 0 bridgehead atoms. The highest BCUT2D eigenvalue weighted by molar-refractivity contribution is 5.39. The third-order valence-corrected chi connectivity index (χ3v) is 3.18. The second kappa shape index (κ2) is 6.80. The maximum Gasteiger partial charge on any atom is 0.122 e. The second-order valence-electron chi connectivity index (χ2n) is 6.01. The Balaban J connectivity index is 2.68. The number of hydrogen-bond acceptors (Lipinski definition) is 3. The van der Waals surface area contributed by atoms with E-state index in [4.69, 9.17) is 9.47 Å². The van der Waals surface area contributed by atoms with Gasteiger partial charge < -0.3 is 14.8 Å². The van der Waals surface area contributed by atoms with E-state index >= 15 is 0 Å². The number of methoxy groups -OCH3 is 2. The van der Waals surface area contributed by atoms with Crippen LogP contribution >= 0.6 is 0 Å². The Morgan fingerprint density at radius 3 is 2.00 bits per heavy atom. The van der Waals surface area contributed by atoms with Crippen LogP contribution in [0.4, 0.5) is 0 Å². The molecule has 3 heteroatoms. The van der Waals surface area contributed by atoms with Gasteiger partial charge in [-0.1, -0.05) is 6.92 Å². The number of nitrogens with one attached hydrogen (secondary N) is 1. The average Bonchev–Trinajstić information content (AvgIpc) is 2.36. The molecule has 1 rings (SSSR count). The van der Waals surface area contributed by atoms with E-state index in [1.54, 1.807) is 14.2 Å². The molecule has 1 N–H and O–H groups in total. The van der Waals surface area contributed by atoms with Crippen molar-refractivity contribution >= 4 is 0 Å². The topological polar surface area (TPSA) is 30.5 Å². The van der Waals surface area contributed by atoms with Crippen molar-refractivity contribution < 1.29 is 9.47 Å². The molecule has 0 saturated carbocycles. The van der Waals surface area contributed by atoms with Crippen molar-refractivity contribution in [3.63, 3.8) is 0 Å². The molecule has 0 fully saturated rings. The molecule has 108 valence electrons. The molecule has 0 amide bonds. The van der Waals surface area contributed by atoms with E-state index < -0.39 is 0 Å². The lowest BCUT2D eigenvalue weighted by atomic mass is 9.96. The molecule has 0 aliphatic heterocycles. The van der Waals surface area contributed by atoms with Gasteiger partial charge in [0, 0.05) is 11.6 Å². The van der Waals surface area contributed by atoms with Crippen LogP contribution in [0.1, 0.15) is 45.6 Å². The summed E-state index contributed by atoms with van der Waals surface area (Å²) in [6.45, 7) is 9.80. The van der Waals surface area contributed by atoms with Gasteiger partial charge in [-0.15, -0.1) is 0 Å². The Kier molecular flexibility index (Phi) is 5.67. The Hall–Kier alpha value is -1.22. The van der Waals surface area contributed by atoms with Crippen molar-refractivity contribution in [1.82, 2.24) is 5.32 Å². The van der Waals surface area contributed by atoms with Crippen LogP contribution in [-0.4, -0.2) is 26.3 Å². The van der Waals surface area contributed by atoms with E-state index in [0.29, 0.717) is 5.92 Å². The first-order valence-electron chi connectivity index (χ1n) is 6.83. The smallest absolute Gasteiger partial charge is 0.122 e. The van der Waals surface area contributed by atoms with Gasteiger partial charge in [-0.2, -0.15) is 0 Å². The summed E-state index contributed by atoms with van der Waals surface area (Å²) < 4.78 is 10.6. The molecule has 1 unspecified atom stereocenters. The summed E-state index contributed by atoms with van der Waals surface area (Å²) in [7, 11) is 3.37. The third-order valence-electron chi connectivity index (χ3n) is 3.18. The van der Waals surface area contributed by atoms with Crippen LogP contribution in [0.2, 0.25) is 0 Å². The lowest BCUT2D eigenvalue weighted by Crippen LogP contribution is -2.36. The van der Waals surface area contributed by atoms with E-state index in [2.05, 4.69) is 45.1 Å². The summed E-state index contributed by atoms with van der Waals surface area (Å²) in [6, 6.07) is 6.08. The predicted octanol–water partition coefficient (Wildman–Crippen LogP) is 3.59. The van der Waals surface area contributed by atoms with E-state index in [1.807, 2.05) is 6.07 Å². The zero-order chi connectivity index (χ0) is 14.5. The fraction of sp³-hybridized carbons (Fsp3) is 0.625. The van der Waals surface area contributed by atoms with Crippen molar-refractivity contribution in [2.45, 2.75) is 45.6 Å². The van der Waals surface area contributed by atoms with E-state index in [0.717, 1.165) is 24.5 Å². The van der Waals surface area contributed by atoms with Crippen molar-refractivity contribution in [3.05, 3.63) is 23.8 Å². The number of rotatable bonds is 6. The highest BCUT2D eigenvalue weighted by atomic mass is 16.5. The van der Waals surface area contributed by atoms with Gasteiger partial charge >= 0.3 is 0 Å². The van der Waals surface area contributed by atoms with Gasteiger partial charge in [-0.25, -0.2) is 0 Å². The maximum atomic E-state index is 5.31. The molecule has 0 spiro atoms. The predicted molar refractivity (Wildman–Crippen MR) is 80.3 cm³/mol. The fourth-order valence-electron chi connectivity index (χ4n) is 1.94. The Bertz CT molecular complexity index is 374. The first kappa shape index (κ1) is 15.8. The molecule has 0 radical (unpaired) electrons. The number of ether oxygens (including phenoxy) is 2. The second-order valence-corrected chi connectivity index (χ2v) is 6.01. The van der Waals surface area contributed by atoms with Crippen molar-refractivity contribution in [1.29, 1.82) is 0 Å². The van der Waals surface area contributed by atoms with Crippen molar-refractivity contribution in [2.75, 3.05) is 20.8 Å². The quantitative estimate of drug-likeness (QED) is 0.852. The summed E-state index contributed by atoms with van der Waals surface area (Å²) in [5, 5.41) is 3.52. The molecular formula is C16H27NO2. The Morgan fingerprint density at radius 2 is 1.58 bits per heavy atom. The minimum atomic E-state index is 0.172. The van der Waals surface area contributed by atoms with Crippen LogP contribution < -0.4 is 14.8 Å². The lowest BCUT2D eigenvalue weighted by molar-refractivity contribution is 0.391. The maximum absolute atomic E-state index is 5.31. The first-order valence-corrected chi connectivity index (χ1v) is 6.83. The highest BCUT2D eigenvalue weighted by Crippen LogP contribution is 2.28. The van der Waals surface area contributed by atoms with Gasteiger partial charge in [0.15, 0.2) is 0 Å². The van der Waals surface area contributed by atoms with Gasteiger partial charge in [-0.3, -0.25) is 0 Å². The molecule has 19 heavy (non-hydrogen) atoms. The molecule has 0 aliphatic carbocycles. The van der Waals surface area contributed by atoms with Crippen LogP contribution in [0, 0.1) is 0 Å². The minimum absolute atomic E-state index is 0.172. The van der Waals surface area contributed by atoms with Gasteiger partial charge in [0.25, 0.3) is 0 Å². The normalized spacial score (nSPS) is 13.2. The molecule has 0 aliphatic rings. The Morgan fingerprint density at radius 1 is 1.05 bits per heavy atom. The lowest BCUT2D eigenvalue weighted by Gasteiger charge is -2.22. The number of hydrogen-bond donors (Lipinski definition) is 1. The summed E-state index contributed by atoms with van der Waals surface area (Å²) in [5.74, 6) is 2.17. The van der Waals surface area contributed by atoms with E-state index in [9.17, 15) is 0 Å². The first-order chi connectivity index (χ1) is 8.85.